The van der Waals surface area contributed by atoms with Gasteiger partial charge in [0.1, 0.15) is 18.1 Å². The number of nitriles is 1. The third-order valence-electron chi connectivity index (χ3n) is 1.64. The zero-order valence-electron chi connectivity index (χ0n) is 8.29. The molecule has 1 aromatic carbocycles. The second-order valence-corrected chi connectivity index (χ2v) is 3.94. The summed E-state index contributed by atoms with van der Waals surface area (Å²) in [5.74, 6) is 1.19. The minimum atomic E-state index is 0.359. The lowest BCUT2D eigenvalue weighted by molar-refractivity contribution is 0.355. The molecule has 0 amide bonds. The lowest BCUT2D eigenvalue weighted by Gasteiger charge is -2.07. The van der Waals surface area contributed by atoms with Crippen LogP contribution in [0.4, 0.5) is 0 Å². The Morgan fingerprint density at radius 2 is 2.13 bits per heavy atom. The molecule has 0 aliphatic rings. The fourth-order valence-electron chi connectivity index (χ4n) is 0.999. The van der Waals surface area contributed by atoms with Crippen molar-refractivity contribution in [2.75, 3.05) is 13.7 Å². The van der Waals surface area contributed by atoms with Crippen LogP contribution >= 0.6 is 15.9 Å². The minimum Gasteiger partial charge on any atom is -0.497 e. The molecular formula is C11H10BrNO2. The fraction of sp³-hybridized carbons (Fsp3) is 0.182. The molecule has 4 heteroatoms. The number of nitrogens with zero attached hydrogens (tertiary/aromatic N) is 1. The molecule has 0 aliphatic heterocycles. The second kappa shape index (κ2) is 5.42. The topological polar surface area (TPSA) is 42.2 Å². The summed E-state index contributed by atoms with van der Waals surface area (Å²) in [5, 5.41) is 8.77. The van der Waals surface area contributed by atoms with Gasteiger partial charge in [0.15, 0.2) is 0 Å². The molecule has 1 rings (SSSR count). The average Bonchev–Trinajstić information content (AvgIpc) is 2.25. The van der Waals surface area contributed by atoms with E-state index in [0.717, 1.165) is 4.48 Å². The van der Waals surface area contributed by atoms with Crippen molar-refractivity contribution in [3.05, 3.63) is 34.8 Å². The van der Waals surface area contributed by atoms with E-state index in [2.05, 4.69) is 22.5 Å². The van der Waals surface area contributed by atoms with Crippen molar-refractivity contribution in [1.29, 1.82) is 5.26 Å². The molecule has 78 valence electrons. The van der Waals surface area contributed by atoms with Gasteiger partial charge in [0.05, 0.1) is 18.7 Å². The van der Waals surface area contributed by atoms with Crippen molar-refractivity contribution in [2.24, 2.45) is 0 Å². The number of hydrogen-bond acceptors (Lipinski definition) is 3. The SMILES string of the molecule is C=C(Br)COc1cc(C#N)cc(OC)c1. The van der Waals surface area contributed by atoms with E-state index in [1.807, 2.05) is 6.07 Å². The van der Waals surface area contributed by atoms with Crippen molar-refractivity contribution in [3.63, 3.8) is 0 Å². The second-order valence-electron chi connectivity index (χ2n) is 2.81. The molecule has 1 aromatic rings. The first kappa shape index (κ1) is 11.6. The van der Waals surface area contributed by atoms with Gasteiger partial charge in [-0.3, -0.25) is 0 Å². The molecule has 0 bridgehead atoms. The summed E-state index contributed by atoms with van der Waals surface area (Å²) in [7, 11) is 1.55. The zero-order chi connectivity index (χ0) is 11.3. The first-order valence-corrected chi connectivity index (χ1v) is 5.00. The molecule has 3 nitrogen and oxygen atoms in total. The lowest BCUT2D eigenvalue weighted by atomic mass is 10.2. The predicted molar refractivity (Wildman–Crippen MR) is 61.3 cm³/mol. The van der Waals surface area contributed by atoms with E-state index in [4.69, 9.17) is 14.7 Å². The fourth-order valence-corrected chi connectivity index (χ4v) is 1.11. The van der Waals surface area contributed by atoms with Crippen molar-refractivity contribution in [3.8, 4) is 17.6 Å². The van der Waals surface area contributed by atoms with Gasteiger partial charge in [0.25, 0.3) is 0 Å². The third kappa shape index (κ3) is 3.64. The summed E-state index contributed by atoms with van der Waals surface area (Å²) in [6.45, 7) is 4.01. The van der Waals surface area contributed by atoms with E-state index in [9.17, 15) is 0 Å². The maximum Gasteiger partial charge on any atom is 0.124 e. The largest absolute Gasteiger partial charge is 0.497 e. The lowest BCUT2D eigenvalue weighted by Crippen LogP contribution is -1.97. The van der Waals surface area contributed by atoms with E-state index in [-0.39, 0.29) is 0 Å². The van der Waals surface area contributed by atoms with Crippen LogP contribution in [0.25, 0.3) is 0 Å². The van der Waals surface area contributed by atoms with E-state index in [1.165, 1.54) is 0 Å². The Morgan fingerprint density at radius 1 is 1.47 bits per heavy atom. The van der Waals surface area contributed by atoms with E-state index in [1.54, 1.807) is 25.3 Å². The molecule has 0 aromatic heterocycles. The van der Waals surface area contributed by atoms with Gasteiger partial charge >= 0.3 is 0 Å². The zero-order valence-corrected chi connectivity index (χ0v) is 9.87. The van der Waals surface area contributed by atoms with Gasteiger partial charge in [-0.15, -0.1) is 0 Å². The molecule has 0 atom stereocenters. The first-order chi connectivity index (χ1) is 7.15. The van der Waals surface area contributed by atoms with Gasteiger partial charge in [0, 0.05) is 10.5 Å². The van der Waals surface area contributed by atoms with Crippen LogP contribution in [0, 0.1) is 11.3 Å². The summed E-state index contributed by atoms with van der Waals surface area (Å²) in [6, 6.07) is 7.05. The number of halogens is 1. The van der Waals surface area contributed by atoms with Gasteiger partial charge in [-0.2, -0.15) is 5.26 Å². The standard InChI is InChI=1S/C11H10BrNO2/c1-8(12)7-15-11-4-9(6-13)3-10(5-11)14-2/h3-5H,1,7H2,2H3. The summed E-state index contributed by atoms with van der Waals surface area (Å²) in [4.78, 5) is 0. The molecule has 0 aliphatic carbocycles. The van der Waals surface area contributed by atoms with Crippen LogP contribution < -0.4 is 9.47 Å². The molecule has 0 spiro atoms. The predicted octanol–water partition coefficient (Wildman–Crippen LogP) is 2.85. The number of methoxy groups -OCH3 is 1. The maximum atomic E-state index is 8.77. The molecular weight excluding hydrogens is 258 g/mol. The van der Waals surface area contributed by atoms with Gasteiger partial charge < -0.3 is 9.47 Å². The van der Waals surface area contributed by atoms with Crippen molar-refractivity contribution < 1.29 is 9.47 Å². The van der Waals surface area contributed by atoms with Crippen molar-refractivity contribution in [2.45, 2.75) is 0 Å². The molecule has 0 fully saturated rings. The molecule has 0 heterocycles. The number of rotatable bonds is 4. The van der Waals surface area contributed by atoms with Crippen molar-refractivity contribution >= 4 is 15.9 Å². The quantitative estimate of drug-likeness (QED) is 0.843. The van der Waals surface area contributed by atoms with Gasteiger partial charge in [-0.25, -0.2) is 0 Å². The first-order valence-electron chi connectivity index (χ1n) is 4.21. The summed E-state index contributed by atoms with van der Waals surface area (Å²) < 4.78 is 11.2. The molecule has 0 radical (unpaired) electrons. The van der Waals surface area contributed by atoms with Crippen LogP contribution in [-0.2, 0) is 0 Å². The number of hydrogen-bond donors (Lipinski definition) is 0. The highest BCUT2D eigenvalue weighted by Crippen LogP contribution is 2.22. The average molecular weight is 268 g/mol. The summed E-state index contributed by atoms with van der Waals surface area (Å²) in [5.41, 5.74) is 0.504. The van der Waals surface area contributed by atoms with Crippen LogP contribution in [0.1, 0.15) is 5.56 Å². The Labute approximate surface area is 97.1 Å². The highest BCUT2D eigenvalue weighted by atomic mass is 79.9. The highest BCUT2D eigenvalue weighted by molar-refractivity contribution is 9.11. The van der Waals surface area contributed by atoms with Crippen LogP contribution in [0.3, 0.4) is 0 Å². The van der Waals surface area contributed by atoms with Crippen LogP contribution in [0.2, 0.25) is 0 Å². The van der Waals surface area contributed by atoms with Gasteiger partial charge in [-0.1, -0.05) is 22.5 Å². The summed E-state index contributed by atoms with van der Waals surface area (Å²) >= 11 is 3.19. The Balaban J connectivity index is 2.88. The Kier molecular flexibility index (Phi) is 4.19. The van der Waals surface area contributed by atoms with Crippen LogP contribution in [0.5, 0.6) is 11.5 Å². The van der Waals surface area contributed by atoms with E-state index < -0.39 is 0 Å². The molecule has 15 heavy (non-hydrogen) atoms. The Morgan fingerprint density at radius 3 is 2.67 bits per heavy atom. The smallest absolute Gasteiger partial charge is 0.124 e. The van der Waals surface area contributed by atoms with Gasteiger partial charge in [-0.05, 0) is 12.1 Å². The Hall–Kier alpha value is -1.47. The highest BCUT2D eigenvalue weighted by Gasteiger charge is 2.02. The van der Waals surface area contributed by atoms with Gasteiger partial charge in [0.2, 0.25) is 0 Å². The Bertz CT molecular complexity index is 410. The number of ether oxygens (including phenoxy) is 2. The molecule has 0 saturated carbocycles. The summed E-state index contributed by atoms with van der Waals surface area (Å²) in [6.07, 6.45) is 0. The number of benzene rings is 1. The van der Waals surface area contributed by atoms with Crippen LogP contribution in [-0.4, -0.2) is 13.7 Å². The monoisotopic (exact) mass is 267 g/mol. The minimum absolute atomic E-state index is 0.359. The van der Waals surface area contributed by atoms with Crippen LogP contribution in [0.15, 0.2) is 29.3 Å². The third-order valence-corrected chi connectivity index (χ3v) is 1.87. The van der Waals surface area contributed by atoms with Crippen molar-refractivity contribution in [1.82, 2.24) is 0 Å². The van der Waals surface area contributed by atoms with E-state index in [0.29, 0.717) is 23.7 Å². The molecule has 0 unspecified atom stereocenters. The molecule has 0 N–H and O–H groups in total. The van der Waals surface area contributed by atoms with E-state index >= 15 is 0 Å². The normalized spacial score (nSPS) is 9.13. The maximum absolute atomic E-state index is 8.77. The molecule has 0 saturated heterocycles.